The molecular formula is C21H34O2. The molecule has 130 valence electrons. The van der Waals surface area contributed by atoms with Crippen LogP contribution in [0.5, 0.6) is 0 Å². The van der Waals surface area contributed by atoms with Gasteiger partial charge in [-0.15, -0.1) is 0 Å². The minimum atomic E-state index is -0.277. The molecule has 1 aromatic heterocycles. The lowest BCUT2D eigenvalue weighted by atomic mass is 10.1. The summed E-state index contributed by atoms with van der Waals surface area (Å²) in [5, 5.41) is 9.74. The third-order valence-corrected chi connectivity index (χ3v) is 4.06. The molecule has 0 amide bonds. The first-order valence-electron chi connectivity index (χ1n) is 9.36. The third kappa shape index (κ3) is 11.9. The van der Waals surface area contributed by atoms with Crippen molar-refractivity contribution in [2.45, 2.75) is 83.7 Å². The van der Waals surface area contributed by atoms with Crippen molar-refractivity contribution >= 4 is 0 Å². The highest BCUT2D eigenvalue weighted by molar-refractivity contribution is 5.04. The number of hydrogen-bond donors (Lipinski definition) is 1. The van der Waals surface area contributed by atoms with Gasteiger partial charge in [0, 0.05) is 6.42 Å². The number of hydrogen-bond acceptors (Lipinski definition) is 2. The summed E-state index contributed by atoms with van der Waals surface area (Å²) >= 11 is 0. The van der Waals surface area contributed by atoms with Crippen molar-refractivity contribution in [2.24, 2.45) is 0 Å². The first-order valence-corrected chi connectivity index (χ1v) is 9.36. The number of allylic oxidation sites excluding steroid dienone is 3. The lowest BCUT2D eigenvalue weighted by Gasteiger charge is -2.03. The lowest BCUT2D eigenvalue weighted by Crippen LogP contribution is -2.00. The van der Waals surface area contributed by atoms with Crippen LogP contribution >= 0.6 is 0 Å². The van der Waals surface area contributed by atoms with Crippen LogP contribution in [0.4, 0.5) is 0 Å². The monoisotopic (exact) mass is 318 g/mol. The first kappa shape index (κ1) is 19.8. The van der Waals surface area contributed by atoms with E-state index in [-0.39, 0.29) is 6.10 Å². The number of rotatable bonds is 14. The molecule has 0 fully saturated rings. The number of unbranched alkanes of at least 4 members (excludes halogenated alkanes) is 7. The molecular weight excluding hydrogens is 284 g/mol. The summed E-state index contributed by atoms with van der Waals surface area (Å²) in [5.41, 5.74) is 0. The zero-order valence-corrected chi connectivity index (χ0v) is 14.8. The number of aryl methyl sites for hydroxylation is 1. The van der Waals surface area contributed by atoms with Gasteiger partial charge in [0.2, 0.25) is 0 Å². The van der Waals surface area contributed by atoms with Crippen molar-refractivity contribution in [3.05, 3.63) is 48.5 Å². The number of aliphatic hydroxyl groups excluding tert-OH is 1. The van der Waals surface area contributed by atoms with E-state index in [1.165, 1.54) is 44.9 Å². The van der Waals surface area contributed by atoms with E-state index >= 15 is 0 Å². The first-order chi connectivity index (χ1) is 11.3. The Labute approximate surface area is 142 Å². The van der Waals surface area contributed by atoms with E-state index in [2.05, 4.69) is 25.1 Å². The van der Waals surface area contributed by atoms with Gasteiger partial charge in [-0.3, -0.25) is 0 Å². The van der Waals surface area contributed by atoms with E-state index < -0.39 is 0 Å². The average Bonchev–Trinajstić information content (AvgIpc) is 3.06. The molecule has 0 radical (unpaired) electrons. The second-order valence-corrected chi connectivity index (χ2v) is 6.26. The smallest absolute Gasteiger partial charge is 0.103 e. The number of aliphatic hydroxyl groups is 1. The summed E-state index contributed by atoms with van der Waals surface area (Å²) in [6.07, 6.45) is 22.6. The van der Waals surface area contributed by atoms with Crippen LogP contribution in [0.1, 0.15) is 76.9 Å². The lowest BCUT2D eigenvalue weighted by molar-refractivity contribution is 0.208. The normalized spacial score (nSPS) is 13.3. The molecule has 0 aromatic carbocycles. The minimum Gasteiger partial charge on any atom is -0.469 e. The van der Waals surface area contributed by atoms with Gasteiger partial charge in [-0.25, -0.2) is 0 Å². The van der Waals surface area contributed by atoms with Crippen LogP contribution in [0.2, 0.25) is 0 Å². The molecule has 0 aliphatic rings. The predicted molar refractivity (Wildman–Crippen MR) is 98.5 cm³/mol. The maximum absolute atomic E-state index is 9.74. The molecule has 0 bridgehead atoms. The quantitative estimate of drug-likeness (QED) is 0.326. The van der Waals surface area contributed by atoms with E-state index in [0.29, 0.717) is 0 Å². The third-order valence-electron chi connectivity index (χ3n) is 4.06. The second-order valence-electron chi connectivity index (χ2n) is 6.26. The van der Waals surface area contributed by atoms with E-state index in [9.17, 15) is 5.11 Å². The molecule has 2 heteroatoms. The number of furan rings is 1. The van der Waals surface area contributed by atoms with E-state index in [1.54, 1.807) is 6.26 Å². The molecule has 0 spiro atoms. The molecule has 0 saturated carbocycles. The Hall–Kier alpha value is -1.28. The minimum absolute atomic E-state index is 0.277. The van der Waals surface area contributed by atoms with Crippen molar-refractivity contribution in [2.75, 3.05) is 0 Å². The Morgan fingerprint density at radius 1 is 1.04 bits per heavy atom. The van der Waals surface area contributed by atoms with Crippen molar-refractivity contribution in [1.82, 2.24) is 0 Å². The molecule has 2 nitrogen and oxygen atoms in total. The molecule has 23 heavy (non-hydrogen) atoms. The van der Waals surface area contributed by atoms with Crippen LogP contribution in [0.15, 0.2) is 47.1 Å². The molecule has 1 N–H and O–H groups in total. The highest BCUT2D eigenvalue weighted by atomic mass is 16.3. The van der Waals surface area contributed by atoms with Gasteiger partial charge in [-0.1, -0.05) is 69.8 Å². The van der Waals surface area contributed by atoms with E-state index in [0.717, 1.165) is 31.4 Å². The standard InChI is InChI=1S/C21H34O2/c1-2-3-11-15-20(22)16-12-9-7-5-4-6-8-10-13-17-21-18-14-19-23-21/h7,9,12,14,16,18-20,22H,2-6,8,10-11,13,15,17H2,1H3/t20-/m1/s1. The summed E-state index contributed by atoms with van der Waals surface area (Å²) in [5.74, 6) is 1.11. The van der Waals surface area contributed by atoms with Crippen LogP contribution in [-0.4, -0.2) is 11.2 Å². The average molecular weight is 319 g/mol. The Balaban J connectivity index is 1.87. The summed E-state index contributed by atoms with van der Waals surface area (Å²) in [4.78, 5) is 0. The molecule has 0 aliphatic heterocycles. The second kappa shape index (κ2) is 14.3. The van der Waals surface area contributed by atoms with Crippen molar-refractivity contribution in [1.29, 1.82) is 0 Å². The maximum atomic E-state index is 9.74. The van der Waals surface area contributed by atoms with Crippen molar-refractivity contribution in [3.8, 4) is 0 Å². The largest absolute Gasteiger partial charge is 0.469 e. The van der Waals surface area contributed by atoms with Gasteiger partial charge in [-0.2, -0.15) is 0 Å². The summed E-state index contributed by atoms with van der Waals surface area (Å²) < 4.78 is 5.33. The van der Waals surface area contributed by atoms with Gasteiger partial charge in [-0.05, 0) is 37.8 Å². The maximum Gasteiger partial charge on any atom is 0.103 e. The van der Waals surface area contributed by atoms with Gasteiger partial charge in [0.15, 0.2) is 0 Å². The highest BCUT2D eigenvalue weighted by Crippen LogP contribution is 2.10. The van der Waals surface area contributed by atoms with Gasteiger partial charge in [0.05, 0.1) is 12.4 Å². The van der Waals surface area contributed by atoms with Crippen LogP contribution < -0.4 is 0 Å². The fourth-order valence-corrected chi connectivity index (χ4v) is 2.61. The summed E-state index contributed by atoms with van der Waals surface area (Å²) in [6, 6.07) is 4.01. The highest BCUT2D eigenvalue weighted by Gasteiger charge is 1.97. The van der Waals surface area contributed by atoms with Crippen molar-refractivity contribution in [3.63, 3.8) is 0 Å². The Kier molecular flexibility index (Phi) is 12.3. The van der Waals surface area contributed by atoms with Gasteiger partial charge in [0.25, 0.3) is 0 Å². The van der Waals surface area contributed by atoms with Crippen LogP contribution in [0.3, 0.4) is 0 Å². The summed E-state index contributed by atoms with van der Waals surface area (Å²) in [7, 11) is 0. The topological polar surface area (TPSA) is 33.4 Å². The van der Waals surface area contributed by atoms with Crippen LogP contribution in [0, 0.1) is 0 Å². The molecule has 0 saturated heterocycles. The Morgan fingerprint density at radius 3 is 2.65 bits per heavy atom. The van der Waals surface area contributed by atoms with Gasteiger partial charge in [0.1, 0.15) is 5.76 Å². The predicted octanol–water partition coefficient (Wildman–Crippen LogP) is 6.22. The zero-order chi connectivity index (χ0) is 16.6. The van der Waals surface area contributed by atoms with Gasteiger partial charge < -0.3 is 9.52 Å². The molecule has 0 unspecified atom stereocenters. The Bertz CT molecular complexity index is 403. The van der Waals surface area contributed by atoms with Gasteiger partial charge >= 0.3 is 0 Å². The molecule has 1 heterocycles. The van der Waals surface area contributed by atoms with E-state index in [1.807, 2.05) is 18.2 Å². The molecule has 0 aliphatic carbocycles. The van der Waals surface area contributed by atoms with E-state index in [4.69, 9.17) is 4.42 Å². The Morgan fingerprint density at radius 2 is 1.87 bits per heavy atom. The summed E-state index contributed by atoms with van der Waals surface area (Å²) in [6.45, 7) is 2.18. The fraction of sp³-hybridized carbons (Fsp3) is 0.619. The zero-order valence-electron chi connectivity index (χ0n) is 14.8. The molecule has 1 atom stereocenters. The van der Waals surface area contributed by atoms with Crippen molar-refractivity contribution < 1.29 is 9.52 Å². The molecule has 1 rings (SSSR count). The van der Waals surface area contributed by atoms with Crippen LogP contribution in [0.25, 0.3) is 0 Å². The fourth-order valence-electron chi connectivity index (χ4n) is 2.61. The van der Waals surface area contributed by atoms with Crippen LogP contribution in [-0.2, 0) is 6.42 Å². The SMILES string of the molecule is CCCCC[C@@H](O)C=CC=CCCCCCCCc1ccco1. The molecule has 1 aromatic rings.